The number of nitrogens with one attached hydrogen (secondary N) is 1. The number of aryl methyl sites for hydroxylation is 1. The van der Waals surface area contributed by atoms with Crippen LogP contribution < -0.4 is 11.1 Å². The molecule has 21 heavy (non-hydrogen) atoms. The number of anilines is 1. The molecule has 0 fully saturated rings. The highest BCUT2D eigenvalue weighted by Gasteiger charge is 2.19. The number of fused-ring (bicyclic) bond motifs is 2. The first-order chi connectivity index (χ1) is 10.3. The SMILES string of the molecule is COCc1cc2nc3c(c(NCCCN)n2n1)CCCC3. The number of methoxy groups -OCH3 is 1. The predicted octanol–water partition coefficient (Wildman–Crippen LogP) is 1.52. The molecule has 1 aliphatic carbocycles. The lowest BCUT2D eigenvalue weighted by Crippen LogP contribution is -2.17. The Morgan fingerprint density at radius 3 is 3.05 bits per heavy atom. The van der Waals surface area contributed by atoms with Gasteiger partial charge in [-0.2, -0.15) is 9.61 Å². The largest absolute Gasteiger partial charge is 0.378 e. The van der Waals surface area contributed by atoms with Crippen molar-refractivity contribution in [3.05, 3.63) is 23.0 Å². The fourth-order valence-corrected chi connectivity index (χ4v) is 2.91. The summed E-state index contributed by atoms with van der Waals surface area (Å²) in [6.45, 7) is 2.06. The molecule has 3 N–H and O–H groups in total. The van der Waals surface area contributed by atoms with Crippen LogP contribution in [0.15, 0.2) is 6.07 Å². The van der Waals surface area contributed by atoms with Crippen molar-refractivity contribution in [3.8, 4) is 0 Å². The first kappa shape index (κ1) is 14.3. The van der Waals surface area contributed by atoms with E-state index in [1.54, 1.807) is 7.11 Å². The normalized spacial score (nSPS) is 14.4. The zero-order chi connectivity index (χ0) is 14.7. The Labute approximate surface area is 124 Å². The van der Waals surface area contributed by atoms with Gasteiger partial charge in [-0.05, 0) is 38.6 Å². The van der Waals surface area contributed by atoms with Crippen molar-refractivity contribution in [1.29, 1.82) is 0 Å². The zero-order valence-corrected chi connectivity index (χ0v) is 12.6. The summed E-state index contributed by atoms with van der Waals surface area (Å²) in [5.41, 5.74) is 9.94. The Morgan fingerprint density at radius 2 is 2.24 bits per heavy atom. The van der Waals surface area contributed by atoms with Gasteiger partial charge in [-0.3, -0.25) is 0 Å². The van der Waals surface area contributed by atoms with E-state index >= 15 is 0 Å². The van der Waals surface area contributed by atoms with E-state index in [9.17, 15) is 0 Å². The summed E-state index contributed by atoms with van der Waals surface area (Å²) >= 11 is 0. The molecule has 2 heterocycles. The van der Waals surface area contributed by atoms with Crippen LogP contribution in [0.1, 0.15) is 36.2 Å². The van der Waals surface area contributed by atoms with Crippen molar-refractivity contribution in [3.63, 3.8) is 0 Å². The van der Waals surface area contributed by atoms with Crippen LogP contribution in [0, 0.1) is 0 Å². The number of rotatable bonds is 6. The molecule has 0 radical (unpaired) electrons. The van der Waals surface area contributed by atoms with E-state index in [4.69, 9.17) is 15.5 Å². The van der Waals surface area contributed by atoms with Gasteiger partial charge in [-0.15, -0.1) is 0 Å². The summed E-state index contributed by atoms with van der Waals surface area (Å²) in [5.74, 6) is 1.09. The molecule has 6 heteroatoms. The maximum Gasteiger partial charge on any atom is 0.157 e. The molecule has 2 aromatic rings. The minimum absolute atomic E-state index is 0.510. The lowest BCUT2D eigenvalue weighted by atomic mass is 9.96. The van der Waals surface area contributed by atoms with Crippen molar-refractivity contribution in [2.45, 2.75) is 38.7 Å². The van der Waals surface area contributed by atoms with Gasteiger partial charge in [-0.25, -0.2) is 4.98 Å². The van der Waals surface area contributed by atoms with Crippen molar-refractivity contribution in [2.75, 3.05) is 25.5 Å². The third-order valence-corrected chi connectivity index (χ3v) is 3.89. The molecule has 0 spiro atoms. The monoisotopic (exact) mass is 289 g/mol. The second-order valence-electron chi connectivity index (χ2n) is 5.50. The zero-order valence-electron chi connectivity index (χ0n) is 12.6. The van der Waals surface area contributed by atoms with Crippen LogP contribution in [0.4, 0.5) is 5.82 Å². The molecule has 0 aromatic carbocycles. The lowest BCUT2D eigenvalue weighted by molar-refractivity contribution is 0.181. The molecule has 1 aliphatic rings. The van der Waals surface area contributed by atoms with Gasteiger partial charge >= 0.3 is 0 Å². The molecular weight excluding hydrogens is 266 g/mol. The molecule has 0 saturated heterocycles. The van der Waals surface area contributed by atoms with Crippen LogP contribution in [-0.4, -0.2) is 34.8 Å². The third-order valence-electron chi connectivity index (χ3n) is 3.89. The van der Waals surface area contributed by atoms with Gasteiger partial charge in [0.2, 0.25) is 0 Å². The van der Waals surface area contributed by atoms with Crippen LogP contribution >= 0.6 is 0 Å². The molecule has 0 unspecified atom stereocenters. The Kier molecular flexibility index (Phi) is 4.36. The van der Waals surface area contributed by atoms with E-state index in [-0.39, 0.29) is 0 Å². The molecule has 0 atom stereocenters. The smallest absolute Gasteiger partial charge is 0.157 e. The predicted molar refractivity (Wildman–Crippen MR) is 82.5 cm³/mol. The second kappa shape index (κ2) is 6.41. The first-order valence-electron chi connectivity index (χ1n) is 7.66. The molecule has 2 aromatic heterocycles. The number of aromatic nitrogens is 3. The number of hydrogen-bond donors (Lipinski definition) is 2. The molecule has 0 bridgehead atoms. The molecule has 6 nitrogen and oxygen atoms in total. The molecule has 0 amide bonds. The lowest BCUT2D eigenvalue weighted by Gasteiger charge is -2.20. The number of nitrogens with two attached hydrogens (primary N) is 1. The summed E-state index contributed by atoms with van der Waals surface area (Å²) in [4.78, 5) is 4.79. The average Bonchev–Trinajstić information content (AvgIpc) is 2.89. The van der Waals surface area contributed by atoms with Gasteiger partial charge in [0.1, 0.15) is 5.82 Å². The molecule has 0 saturated carbocycles. The Balaban J connectivity index is 2.04. The summed E-state index contributed by atoms with van der Waals surface area (Å²) in [7, 11) is 1.68. The second-order valence-corrected chi connectivity index (χ2v) is 5.50. The quantitative estimate of drug-likeness (QED) is 0.788. The van der Waals surface area contributed by atoms with E-state index in [0.717, 1.165) is 43.0 Å². The Morgan fingerprint density at radius 1 is 1.38 bits per heavy atom. The highest BCUT2D eigenvalue weighted by molar-refractivity contribution is 5.56. The summed E-state index contributed by atoms with van der Waals surface area (Å²) in [5, 5.41) is 8.14. The minimum Gasteiger partial charge on any atom is -0.378 e. The van der Waals surface area contributed by atoms with E-state index in [1.165, 1.54) is 24.1 Å². The standard InChI is InChI=1S/C15H23N5O/c1-21-10-11-9-14-18-13-6-3-2-5-12(13)15(20(14)19-11)17-8-4-7-16/h9,17H,2-8,10,16H2,1H3. The number of hydrogen-bond acceptors (Lipinski definition) is 5. The summed E-state index contributed by atoms with van der Waals surface area (Å²) < 4.78 is 7.11. The van der Waals surface area contributed by atoms with Crippen LogP contribution in [0.25, 0.3) is 5.65 Å². The van der Waals surface area contributed by atoms with Crippen molar-refractivity contribution in [2.24, 2.45) is 5.73 Å². The van der Waals surface area contributed by atoms with Gasteiger partial charge in [0.25, 0.3) is 0 Å². The van der Waals surface area contributed by atoms with Crippen LogP contribution in [0.5, 0.6) is 0 Å². The van der Waals surface area contributed by atoms with Gasteiger partial charge < -0.3 is 15.8 Å². The van der Waals surface area contributed by atoms with Gasteiger partial charge in [0.15, 0.2) is 5.65 Å². The highest BCUT2D eigenvalue weighted by atomic mass is 16.5. The maximum absolute atomic E-state index is 5.60. The van der Waals surface area contributed by atoms with Crippen molar-refractivity contribution in [1.82, 2.24) is 14.6 Å². The Hall–Kier alpha value is -1.66. The third kappa shape index (κ3) is 2.87. The summed E-state index contributed by atoms with van der Waals surface area (Å²) in [6, 6.07) is 2.01. The molecule has 3 rings (SSSR count). The molecule has 0 aliphatic heterocycles. The van der Waals surface area contributed by atoms with Crippen LogP contribution in [0.3, 0.4) is 0 Å². The molecular formula is C15H23N5O. The fourth-order valence-electron chi connectivity index (χ4n) is 2.91. The Bertz CT molecular complexity index is 622. The fraction of sp³-hybridized carbons (Fsp3) is 0.600. The van der Waals surface area contributed by atoms with Gasteiger partial charge in [0.05, 0.1) is 12.3 Å². The minimum atomic E-state index is 0.510. The van der Waals surface area contributed by atoms with Crippen molar-refractivity contribution < 1.29 is 4.74 Å². The van der Waals surface area contributed by atoms with E-state index < -0.39 is 0 Å². The van der Waals surface area contributed by atoms with E-state index in [2.05, 4.69) is 10.4 Å². The number of ether oxygens (including phenoxy) is 1. The van der Waals surface area contributed by atoms with Crippen molar-refractivity contribution >= 4 is 11.5 Å². The van der Waals surface area contributed by atoms with Gasteiger partial charge in [-0.1, -0.05) is 0 Å². The number of nitrogens with zero attached hydrogens (tertiary/aromatic N) is 3. The average molecular weight is 289 g/mol. The summed E-state index contributed by atoms with van der Waals surface area (Å²) in [6.07, 6.45) is 5.52. The maximum atomic E-state index is 5.60. The first-order valence-corrected chi connectivity index (χ1v) is 7.66. The highest BCUT2D eigenvalue weighted by Crippen LogP contribution is 2.28. The topological polar surface area (TPSA) is 77.5 Å². The van der Waals surface area contributed by atoms with E-state index in [0.29, 0.717) is 13.2 Å². The van der Waals surface area contributed by atoms with Crippen LogP contribution in [-0.2, 0) is 24.2 Å². The van der Waals surface area contributed by atoms with Gasteiger partial charge in [0, 0.05) is 31.0 Å². The van der Waals surface area contributed by atoms with E-state index in [1.807, 2.05) is 10.6 Å². The van der Waals surface area contributed by atoms with Crippen LogP contribution in [0.2, 0.25) is 0 Å². The molecule has 114 valence electrons.